The Morgan fingerprint density at radius 2 is 1.48 bits per heavy atom. The van der Waals surface area contributed by atoms with E-state index in [9.17, 15) is 9.59 Å². The molecule has 3 aromatic carbocycles. The number of carbonyl (C=O) groups is 2. The van der Waals surface area contributed by atoms with E-state index < -0.39 is 11.8 Å². The van der Waals surface area contributed by atoms with Gasteiger partial charge in [-0.05, 0) is 30.3 Å². The number of hydrogen-bond acceptors (Lipinski definition) is 5. The molecule has 0 fully saturated rings. The molecule has 33 heavy (non-hydrogen) atoms. The van der Waals surface area contributed by atoms with Crippen molar-refractivity contribution in [2.45, 2.75) is 0 Å². The van der Waals surface area contributed by atoms with Gasteiger partial charge in [-0.25, -0.2) is 4.68 Å². The summed E-state index contributed by atoms with van der Waals surface area (Å²) in [6.07, 6.45) is 0. The van der Waals surface area contributed by atoms with Gasteiger partial charge >= 0.3 is 0 Å². The Hall–Kier alpha value is -4.59. The number of hydrogen-bond donors (Lipinski definition) is 2. The molecule has 1 heterocycles. The van der Waals surface area contributed by atoms with E-state index in [0.717, 1.165) is 11.3 Å². The van der Waals surface area contributed by atoms with Crippen LogP contribution in [-0.4, -0.2) is 35.3 Å². The molecular formula is C25H22N4O4. The average molecular weight is 442 g/mol. The van der Waals surface area contributed by atoms with Crippen LogP contribution >= 0.6 is 0 Å². The smallest absolute Gasteiger partial charge is 0.288 e. The lowest BCUT2D eigenvalue weighted by Gasteiger charge is -2.11. The molecule has 4 rings (SSSR count). The first-order chi connectivity index (χ1) is 16.2. The third-order valence-electron chi connectivity index (χ3n) is 4.76. The maximum absolute atomic E-state index is 12.9. The number of ether oxygens (including phenoxy) is 2. The van der Waals surface area contributed by atoms with Crippen LogP contribution in [-0.2, 0) is 4.79 Å². The van der Waals surface area contributed by atoms with E-state index >= 15 is 0 Å². The molecule has 8 nitrogen and oxygen atoms in total. The Labute approximate surface area is 190 Å². The highest BCUT2D eigenvalue weighted by Gasteiger charge is 2.18. The first kappa shape index (κ1) is 21.6. The minimum Gasteiger partial charge on any atom is -0.493 e. The summed E-state index contributed by atoms with van der Waals surface area (Å²) in [5.41, 5.74) is 7.29. The van der Waals surface area contributed by atoms with Gasteiger partial charge in [-0.1, -0.05) is 60.7 Å². The van der Waals surface area contributed by atoms with Crippen LogP contribution in [0.3, 0.4) is 0 Å². The number of rotatable bonds is 7. The summed E-state index contributed by atoms with van der Waals surface area (Å²) in [5, 5.41) is 4.60. The van der Waals surface area contributed by atoms with Crippen molar-refractivity contribution in [2.24, 2.45) is 0 Å². The van der Waals surface area contributed by atoms with Crippen LogP contribution in [0.5, 0.6) is 11.5 Å². The van der Waals surface area contributed by atoms with Crippen molar-refractivity contribution in [2.75, 3.05) is 13.7 Å². The van der Waals surface area contributed by atoms with Gasteiger partial charge in [0.15, 0.2) is 18.1 Å². The van der Waals surface area contributed by atoms with E-state index in [1.807, 2.05) is 60.7 Å². The molecule has 0 saturated carbocycles. The number of aromatic nitrogens is 2. The van der Waals surface area contributed by atoms with E-state index in [2.05, 4.69) is 16.0 Å². The van der Waals surface area contributed by atoms with Gasteiger partial charge in [0.25, 0.3) is 11.8 Å². The fourth-order valence-corrected chi connectivity index (χ4v) is 3.17. The minimum atomic E-state index is -0.525. The molecule has 1 aromatic heterocycles. The number of amides is 2. The Bertz CT molecular complexity index is 1240. The molecule has 2 amide bonds. The van der Waals surface area contributed by atoms with Gasteiger partial charge in [0.05, 0.1) is 18.5 Å². The fourth-order valence-electron chi connectivity index (χ4n) is 3.17. The van der Waals surface area contributed by atoms with E-state index in [1.54, 1.807) is 30.3 Å². The predicted octanol–water partition coefficient (Wildman–Crippen LogP) is 3.39. The summed E-state index contributed by atoms with van der Waals surface area (Å²) in [4.78, 5) is 25.1. The van der Waals surface area contributed by atoms with Crippen LogP contribution < -0.4 is 20.3 Å². The summed E-state index contributed by atoms with van der Waals surface area (Å²) in [6, 6.07) is 27.5. The second-order valence-electron chi connectivity index (χ2n) is 6.97. The van der Waals surface area contributed by atoms with Crippen molar-refractivity contribution in [3.8, 4) is 28.4 Å². The molecule has 0 atom stereocenters. The first-order valence-corrected chi connectivity index (χ1v) is 10.2. The van der Waals surface area contributed by atoms with Crippen LogP contribution in [0.15, 0.2) is 91.0 Å². The highest BCUT2D eigenvalue weighted by Crippen LogP contribution is 2.25. The standard InChI is InChI=1S/C25H22N4O4/c1-32-22-14-8-9-15-23(22)33-17-24(30)26-27-25(31)21-16-20(18-10-4-2-5-11-18)28-29(21)19-12-6-3-7-13-19/h2-16H,17H2,1H3,(H,26,30)(H,27,31). The third kappa shape index (κ3) is 5.19. The number of para-hydroxylation sites is 3. The second kappa shape index (κ2) is 10.1. The van der Waals surface area contributed by atoms with Gasteiger partial charge in [-0.2, -0.15) is 5.10 Å². The molecule has 0 spiro atoms. The average Bonchev–Trinajstić information content (AvgIpc) is 3.33. The molecule has 0 aliphatic heterocycles. The summed E-state index contributed by atoms with van der Waals surface area (Å²) >= 11 is 0. The predicted molar refractivity (Wildman–Crippen MR) is 123 cm³/mol. The zero-order chi connectivity index (χ0) is 23.0. The highest BCUT2D eigenvalue weighted by atomic mass is 16.5. The van der Waals surface area contributed by atoms with Crippen LogP contribution in [0, 0.1) is 0 Å². The van der Waals surface area contributed by atoms with Gasteiger partial charge in [-0.15, -0.1) is 0 Å². The fraction of sp³-hybridized carbons (Fsp3) is 0.0800. The van der Waals surface area contributed by atoms with Gasteiger partial charge < -0.3 is 9.47 Å². The SMILES string of the molecule is COc1ccccc1OCC(=O)NNC(=O)c1cc(-c2ccccc2)nn1-c1ccccc1. The number of methoxy groups -OCH3 is 1. The highest BCUT2D eigenvalue weighted by molar-refractivity contribution is 5.95. The van der Waals surface area contributed by atoms with Gasteiger partial charge in [-0.3, -0.25) is 20.4 Å². The third-order valence-corrected chi connectivity index (χ3v) is 4.76. The lowest BCUT2D eigenvalue weighted by molar-refractivity contribution is -0.123. The minimum absolute atomic E-state index is 0.269. The monoisotopic (exact) mass is 442 g/mol. The maximum Gasteiger partial charge on any atom is 0.288 e. The topological polar surface area (TPSA) is 94.5 Å². The van der Waals surface area contributed by atoms with Gasteiger partial charge in [0.2, 0.25) is 0 Å². The Morgan fingerprint density at radius 3 is 2.18 bits per heavy atom. The molecule has 0 aliphatic carbocycles. The lowest BCUT2D eigenvalue weighted by Crippen LogP contribution is -2.44. The zero-order valence-electron chi connectivity index (χ0n) is 17.9. The van der Waals surface area contributed by atoms with E-state index in [4.69, 9.17) is 9.47 Å². The Morgan fingerprint density at radius 1 is 0.848 bits per heavy atom. The molecule has 0 unspecified atom stereocenters. The number of carbonyl (C=O) groups excluding carboxylic acids is 2. The van der Waals surface area contributed by atoms with Crippen LogP contribution in [0.25, 0.3) is 16.9 Å². The molecule has 0 aliphatic rings. The Balaban J connectivity index is 1.47. The summed E-state index contributed by atoms with van der Waals surface area (Å²) in [6.45, 7) is -0.298. The van der Waals surface area contributed by atoms with Crippen molar-refractivity contribution in [3.05, 3.63) is 96.7 Å². The van der Waals surface area contributed by atoms with Crippen molar-refractivity contribution >= 4 is 11.8 Å². The number of hydrazine groups is 1. The molecular weight excluding hydrogens is 420 g/mol. The van der Waals surface area contributed by atoms with Crippen molar-refractivity contribution in [1.82, 2.24) is 20.6 Å². The van der Waals surface area contributed by atoms with Crippen molar-refractivity contribution in [3.63, 3.8) is 0 Å². The van der Waals surface area contributed by atoms with E-state index in [0.29, 0.717) is 17.2 Å². The number of benzene rings is 3. The Kier molecular flexibility index (Phi) is 6.65. The molecule has 0 saturated heterocycles. The van der Waals surface area contributed by atoms with Gasteiger partial charge in [0.1, 0.15) is 5.69 Å². The summed E-state index contributed by atoms with van der Waals surface area (Å²) in [7, 11) is 1.52. The number of nitrogens with one attached hydrogen (secondary N) is 2. The molecule has 166 valence electrons. The maximum atomic E-state index is 12.9. The summed E-state index contributed by atoms with van der Waals surface area (Å²) < 4.78 is 12.2. The molecule has 8 heteroatoms. The van der Waals surface area contributed by atoms with Crippen LogP contribution in [0.1, 0.15) is 10.5 Å². The summed E-state index contributed by atoms with van der Waals surface area (Å²) in [5.74, 6) is -0.104. The molecule has 2 N–H and O–H groups in total. The first-order valence-electron chi connectivity index (χ1n) is 10.2. The quantitative estimate of drug-likeness (QED) is 0.428. The normalized spacial score (nSPS) is 10.3. The van der Waals surface area contributed by atoms with Crippen LogP contribution in [0.2, 0.25) is 0 Å². The second-order valence-corrected chi connectivity index (χ2v) is 6.97. The molecule has 0 radical (unpaired) electrons. The van der Waals surface area contributed by atoms with Crippen LogP contribution in [0.4, 0.5) is 0 Å². The van der Waals surface area contributed by atoms with E-state index in [1.165, 1.54) is 11.8 Å². The molecule has 0 bridgehead atoms. The van der Waals surface area contributed by atoms with Gasteiger partial charge in [0, 0.05) is 5.56 Å². The lowest BCUT2D eigenvalue weighted by atomic mass is 10.1. The van der Waals surface area contributed by atoms with E-state index in [-0.39, 0.29) is 12.3 Å². The number of nitrogens with zero attached hydrogens (tertiary/aromatic N) is 2. The molecule has 4 aromatic rings. The van der Waals surface area contributed by atoms with Crippen molar-refractivity contribution in [1.29, 1.82) is 0 Å². The zero-order valence-corrected chi connectivity index (χ0v) is 17.9. The largest absolute Gasteiger partial charge is 0.493 e. The van der Waals surface area contributed by atoms with Crippen molar-refractivity contribution < 1.29 is 19.1 Å².